The minimum atomic E-state index is 0.645. The van der Waals surface area contributed by atoms with E-state index in [0.717, 1.165) is 36.1 Å². The number of aromatic nitrogens is 1. The number of nitrogens with zero attached hydrogens (tertiary/aromatic N) is 2. The average molecular weight is 268 g/mol. The summed E-state index contributed by atoms with van der Waals surface area (Å²) in [6, 6.07) is 9.92. The van der Waals surface area contributed by atoms with Crippen molar-refractivity contribution >= 4 is 23.0 Å². The number of carbonyl (C=O) groups excluding carboxylic acids is 1. The molecule has 2 aromatic rings. The molecule has 1 aromatic carbocycles. The summed E-state index contributed by atoms with van der Waals surface area (Å²) < 4.78 is 0. The first-order valence-electron chi connectivity index (χ1n) is 7.27. The van der Waals surface area contributed by atoms with E-state index in [9.17, 15) is 4.79 Å². The maximum atomic E-state index is 11.4. The molecule has 2 heterocycles. The second kappa shape index (κ2) is 5.23. The number of benzene rings is 1. The zero-order chi connectivity index (χ0) is 14.1. The number of anilines is 1. The summed E-state index contributed by atoms with van der Waals surface area (Å²) in [5.41, 5.74) is 1.66. The fourth-order valence-corrected chi connectivity index (χ4v) is 3.30. The van der Waals surface area contributed by atoms with Gasteiger partial charge in [-0.3, -0.25) is 4.79 Å². The summed E-state index contributed by atoms with van der Waals surface area (Å²) in [4.78, 5) is 18.4. The van der Waals surface area contributed by atoms with E-state index >= 15 is 0 Å². The normalized spacial score (nSPS) is 23.0. The SMILES string of the molecule is CC1CC(C)CN(c2nc3ccccc3cc2C=O)C1. The topological polar surface area (TPSA) is 33.2 Å². The van der Waals surface area contributed by atoms with Crippen LogP contribution in [0.25, 0.3) is 10.9 Å². The third-order valence-corrected chi connectivity index (χ3v) is 4.03. The van der Waals surface area contributed by atoms with Gasteiger partial charge in [0.2, 0.25) is 0 Å². The Kier molecular flexibility index (Phi) is 3.43. The van der Waals surface area contributed by atoms with Crippen molar-refractivity contribution in [2.24, 2.45) is 11.8 Å². The molecular weight excluding hydrogens is 248 g/mol. The molecule has 3 rings (SSSR count). The van der Waals surface area contributed by atoms with Gasteiger partial charge < -0.3 is 4.90 Å². The zero-order valence-electron chi connectivity index (χ0n) is 12.0. The molecule has 0 amide bonds. The van der Waals surface area contributed by atoms with Crippen molar-refractivity contribution in [1.82, 2.24) is 4.98 Å². The molecule has 1 fully saturated rings. The maximum absolute atomic E-state index is 11.4. The van der Waals surface area contributed by atoms with E-state index in [1.807, 2.05) is 30.3 Å². The highest BCUT2D eigenvalue weighted by Gasteiger charge is 2.24. The number of pyridine rings is 1. The molecule has 1 saturated heterocycles. The Labute approximate surface area is 119 Å². The highest BCUT2D eigenvalue weighted by Crippen LogP contribution is 2.28. The second-order valence-electron chi connectivity index (χ2n) is 6.06. The Morgan fingerprint density at radius 3 is 2.60 bits per heavy atom. The first-order valence-corrected chi connectivity index (χ1v) is 7.27. The van der Waals surface area contributed by atoms with Crippen LogP contribution in [-0.2, 0) is 0 Å². The molecule has 0 bridgehead atoms. The third kappa shape index (κ3) is 2.40. The summed E-state index contributed by atoms with van der Waals surface area (Å²) in [7, 11) is 0. The van der Waals surface area contributed by atoms with Crippen LogP contribution < -0.4 is 4.90 Å². The van der Waals surface area contributed by atoms with E-state index in [1.165, 1.54) is 6.42 Å². The maximum Gasteiger partial charge on any atom is 0.153 e. The van der Waals surface area contributed by atoms with Gasteiger partial charge in [-0.25, -0.2) is 4.98 Å². The highest BCUT2D eigenvalue weighted by molar-refractivity contribution is 5.91. The van der Waals surface area contributed by atoms with Crippen LogP contribution in [0.3, 0.4) is 0 Å². The highest BCUT2D eigenvalue weighted by atomic mass is 16.1. The fraction of sp³-hybridized carbons (Fsp3) is 0.412. The third-order valence-electron chi connectivity index (χ3n) is 4.03. The molecule has 0 spiro atoms. The number of rotatable bonds is 2. The summed E-state index contributed by atoms with van der Waals surface area (Å²) in [6.07, 6.45) is 2.18. The molecule has 0 aliphatic carbocycles. The molecule has 3 heteroatoms. The zero-order valence-corrected chi connectivity index (χ0v) is 12.0. The molecule has 1 aromatic heterocycles. The molecule has 2 unspecified atom stereocenters. The number of fused-ring (bicyclic) bond motifs is 1. The van der Waals surface area contributed by atoms with Gasteiger partial charge in [0.05, 0.1) is 11.1 Å². The van der Waals surface area contributed by atoms with Gasteiger partial charge in [-0.1, -0.05) is 32.0 Å². The van der Waals surface area contributed by atoms with E-state index < -0.39 is 0 Å². The van der Waals surface area contributed by atoms with E-state index in [2.05, 4.69) is 18.7 Å². The summed E-state index contributed by atoms with van der Waals surface area (Å²) in [6.45, 7) is 6.50. The van der Waals surface area contributed by atoms with Crippen LogP contribution in [0, 0.1) is 11.8 Å². The monoisotopic (exact) mass is 268 g/mol. The van der Waals surface area contributed by atoms with Gasteiger partial charge in [0.15, 0.2) is 6.29 Å². The fourth-order valence-electron chi connectivity index (χ4n) is 3.30. The van der Waals surface area contributed by atoms with Crippen LogP contribution in [-0.4, -0.2) is 24.4 Å². The summed E-state index contributed by atoms with van der Waals surface area (Å²) >= 11 is 0. The number of carbonyl (C=O) groups is 1. The molecule has 0 radical (unpaired) electrons. The van der Waals surface area contributed by atoms with Gasteiger partial charge in [0.25, 0.3) is 0 Å². The van der Waals surface area contributed by atoms with Gasteiger partial charge in [0.1, 0.15) is 5.82 Å². The van der Waals surface area contributed by atoms with Crippen molar-refractivity contribution in [1.29, 1.82) is 0 Å². The molecule has 1 aliphatic heterocycles. The van der Waals surface area contributed by atoms with E-state index in [-0.39, 0.29) is 0 Å². The number of aldehydes is 1. The van der Waals surface area contributed by atoms with Crippen molar-refractivity contribution in [2.45, 2.75) is 20.3 Å². The van der Waals surface area contributed by atoms with Crippen molar-refractivity contribution < 1.29 is 4.79 Å². The van der Waals surface area contributed by atoms with Gasteiger partial charge in [-0.15, -0.1) is 0 Å². The van der Waals surface area contributed by atoms with Crippen LogP contribution in [0.15, 0.2) is 30.3 Å². The van der Waals surface area contributed by atoms with E-state index in [1.54, 1.807) is 0 Å². The Morgan fingerprint density at radius 2 is 1.90 bits per heavy atom. The van der Waals surface area contributed by atoms with E-state index in [0.29, 0.717) is 17.4 Å². The van der Waals surface area contributed by atoms with Crippen LogP contribution in [0.2, 0.25) is 0 Å². The minimum Gasteiger partial charge on any atom is -0.355 e. The Morgan fingerprint density at radius 1 is 1.20 bits per heavy atom. The molecule has 20 heavy (non-hydrogen) atoms. The van der Waals surface area contributed by atoms with Crippen molar-refractivity contribution in [2.75, 3.05) is 18.0 Å². The lowest BCUT2D eigenvalue weighted by molar-refractivity contribution is 0.112. The smallest absolute Gasteiger partial charge is 0.153 e. The minimum absolute atomic E-state index is 0.645. The molecule has 3 nitrogen and oxygen atoms in total. The van der Waals surface area contributed by atoms with Crippen LogP contribution >= 0.6 is 0 Å². The van der Waals surface area contributed by atoms with Crippen LogP contribution in [0.1, 0.15) is 30.6 Å². The summed E-state index contributed by atoms with van der Waals surface area (Å²) in [5, 5.41) is 1.02. The standard InChI is InChI=1S/C17H20N2O/c1-12-7-13(2)10-19(9-12)17-15(11-20)8-14-5-3-4-6-16(14)18-17/h3-6,8,11-13H,7,9-10H2,1-2H3. The Bertz CT molecular complexity index is 628. The Balaban J connectivity index is 2.07. The van der Waals surface area contributed by atoms with Gasteiger partial charge in [-0.05, 0) is 30.4 Å². The molecule has 0 saturated carbocycles. The predicted octanol–water partition coefficient (Wildman–Crippen LogP) is 3.53. The number of hydrogen-bond donors (Lipinski definition) is 0. The molecule has 0 N–H and O–H groups in total. The molecule has 104 valence electrons. The largest absolute Gasteiger partial charge is 0.355 e. The quantitative estimate of drug-likeness (QED) is 0.781. The second-order valence-corrected chi connectivity index (χ2v) is 6.06. The van der Waals surface area contributed by atoms with Crippen LogP contribution in [0.5, 0.6) is 0 Å². The molecule has 2 atom stereocenters. The Hall–Kier alpha value is -1.90. The lowest BCUT2D eigenvalue weighted by atomic mass is 9.91. The lowest BCUT2D eigenvalue weighted by Gasteiger charge is -2.36. The van der Waals surface area contributed by atoms with Crippen molar-refractivity contribution in [3.8, 4) is 0 Å². The number of para-hydroxylation sites is 1. The van der Waals surface area contributed by atoms with Gasteiger partial charge in [0, 0.05) is 18.5 Å². The number of hydrogen-bond acceptors (Lipinski definition) is 3. The molecule has 1 aliphatic rings. The van der Waals surface area contributed by atoms with Crippen molar-refractivity contribution in [3.05, 3.63) is 35.9 Å². The molecular formula is C17H20N2O. The van der Waals surface area contributed by atoms with Crippen LogP contribution in [0.4, 0.5) is 5.82 Å². The van der Waals surface area contributed by atoms with Gasteiger partial charge >= 0.3 is 0 Å². The van der Waals surface area contributed by atoms with Gasteiger partial charge in [-0.2, -0.15) is 0 Å². The average Bonchev–Trinajstić information content (AvgIpc) is 2.44. The van der Waals surface area contributed by atoms with Crippen molar-refractivity contribution in [3.63, 3.8) is 0 Å². The predicted molar refractivity (Wildman–Crippen MR) is 82.3 cm³/mol. The summed E-state index contributed by atoms with van der Waals surface area (Å²) in [5.74, 6) is 2.13. The first-order chi connectivity index (χ1) is 9.67. The first kappa shape index (κ1) is 13.1. The number of piperidine rings is 1. The van der Waals surface area contributed by atoms with E-state index in [4.69, 9.17) is 4.98 Å². The lowest BCUT2D eigenvalue weighted by Crippen LogP contribution is -2.39.